The van der Waals surface area contributed by atoms with Gasteiger partial charge in [0.05, 0.1) is 6.54 Å². The van der Waals surface area contributed by atoms with Crippen LogP contribution in [0, 0.1) is 0 Å². The van der Waals surface area contributed by atoms with Crippen molar-refractivity contribution < 1.29 is 10.1 Å². The van der Waals surface area contributed by atoms with E-state index in [2.05, 4.69) is 53.8 Å². The van der Waals surface area contributed by atoms with E-state index < -0.39 is 0 Å². The molecule has 23 heavy (non-hydrogen) atoms. The summed E-state index contributed by atoms with van der Waals surface area (Å²) in [6.45, 7) is 2.06. The second-order valence-electron chi connectivity index (χ2n) is 5.58. The molecule has 3 rings (SSSR count). The molecule has 116 valence electrons. The van der Waals surface area contributed by atoms with Gasteiger partial charge in [0.2, 0.25) is 0 Å². The summed E-state index contributed by atoms with van der Waals surface area (Å²) in [7, 11) is 0. The highest BCUT2D eigenvalue weighted by Gasteiger charge is 2.01. The highest BCUT2D eigenvalue weighted by molar-refractivity contribution is 5.33. The molecule has 0 amide bonds. The maximum atomic E-state index is 5.88. The minimum Gasteiger partial charge on any atom is -0.457 e. The van der Waals surface area contributed by atoms with E-state index in [9.17, 15) is 0 Å². The molecule has 0 atom stereocenters. The average molecular weight is 304 g/mol. The summed E-state index contributed by atoms with van der Waals surface area (Å²) in [5.74, 6) is 1.77. The molecular weight excluding hydrogens is 282 g/mol. The summed E-state index contributed by atoms with van der Waals surface area (Å²) < 4.78 is 5.88. The topological polar surface area (TPSA) is 25.8 Å². The molecule has 3 aromatic rings. The maximum absolute atomic E-state index is 5.88. The molecule has 0 radical (unpaired) electrons. The smallest absolute Gasteiger partial charge is 0.127 e. The molecule has 0 fully saturated rings. The Morgan fingerprint density at radius 2 is 1.30 bits per heavy atom. The maximum Gasteiger partial charge on any atom is 0.127 e. The monoisotopic (exact) mass is 304 g/mol. The van der Waals surface area contributed by atoms with Crippen molar-refractivity contribution in [2.45, 2.75) is 13.0 Å². The summed E-state index contributed by atoms with van der Waals surface area (Å²) >= 11 is 0. The Balaban J connectivity index is 1.49. The lowest BCUT2D eigenvalue weighted by Crippen LogP contribution is -2.83. The fraction of sp³-hybridized carbons (Fsp3) is 0.143. The van der Waals surface area contributed by atoms with Crippen LogP contribution in [0.2, 0.25) is 0 Å². The van der Waals surface area contributed by atoms with E-state index in [-0.39, 0.29) is 0 Å². The van der Waals surface area contributed by atoms with Gasteiger partial charge in [-0.25, -0.2) is 0 Å². The van der Waals surface area contributed by atoms with Gasteiger partial charge in [0, 0.05) is 12.0 Å². The van der Waals surface area contributed by atoms with Crippen molar-refractivity contribution >= 4 is 0 Å². The van der Waals surface area contributed by atoms with Gasteiger partial charge in [-0.2, -0.15) is 0 Å². The van der Waals surface area contributed by atoms with E-state index in [0.29, 0.717) is 0 Å². The van der Waals surface area contributed by atoms with E-state index in [0.717, 1.165) is 31.0 Å². The second-order valence-corrected chi connectivity index (χ2v) is 5.58. The lowest BCUT2D eigenvalue weighted by molar-refractivity contribution is -0.670. The largest absolute Gasteiger partial charge is 0.457 e. The summed E-state index contributed by atoms with van der Waals surface area (Å²) in [5, 5.41) is 2.34. The predicted octanol–water partition coefficient (Wildman–Crippen LogP) is 3.79. The fourth-order valence-corrected chi connectivity index (χ4v) is 2.54. The van der Waals surface area contributed by atoms with Crippen LogP contribution in [0.4, 0.5) is 0 Å². The van der Waals surface area contributed by atoms with Crippen LogP contribution in [0.5, 0.6) is 11.5 Å². The molecule has 0 aromatic heterocycles. The Bertz CT molecular complexity index is 710. The third-order valence-electron chi connectivity index (χ3n) is 3.74. The number of ether oxygens (including phenoxy) is 1. The molecule has 0 aliphatic rings. The van der Waals surface area contributed by atoms with Crippen molar-refractivity contribution in [2.24, 2.45) is 0 Å². The van der Waals surface area contributed by atoms with Crippen LogP contribution in [0.25, 0.3) is 0 Å². The number of benzene rings is 3. The molecule has 0 aliphatic carbocycles. The van der Waals surface area contributed by atoms with E-state index in [1.165, 1.54) is 11.1 Å². The van der Waals surface area contributed by atoms with E-state index in [4.69, 9.17) is 4.74 Å². The molecule has 0 heterocycles. The molecular formula is C21H22NO+. The summed E-state index contributed by atoms with van der Waals surface area (Å²) in [6.07, 6.45) is 1.10. The van der Waals surface area contributed by atoms with Crippen LogP contribution in [-0.4, -0.2) is 6.54 Å². The molecule has 0 unspecified atom stereocenters. The zero-order chi connectivity index (χ0) is 15.7. The molecule has 2 N–H and O–H groups in total. The van der Waals surface area contributed by atoms with Gasteiger partial charge < -0.3 is 10.1 Å². The van der Waals surface area contributed by atoms with Gasteiger partial charge in [-0.05, 0) is 29.8 Å². The number of hydrogen-bond donors (Lipinski definition) is 1. The van der Waals surface area contributed by atoms with Gasteiger partial charge in [-0.1, -0.05) is 60.7 Å². The Hall–Kier alpha value is -2.58. The lowest BCUT2D eigenvalue weighted by Gasteiger charge is -2.07. The summed E-state index contributed by atoms with van der Waals surface area (Å²) in [4.78, 5) is 0. The van der Waals surface area contributed by atoms with Crippen LogP contribution in [0.1, 0.15) is 11.1 Å². The van der Waals surface area contributed by atoms with Gasteiger partial charge in [0.1, 0.15) is 18.0 Å². The SMILES string of the molecule is c1ccc(CC[NH2+]Cc2cccc(Oc3ccccc3)c2)cc1. The van der Waals surface area contributed by atoms with Gasteiger partial charge in [-0.15, -0.1) is 0 Å². The molecule has 0 saturated heterocycles. The van der Waals surface area contributed by atoms with Gasteiger partial charge in [0.15, 0.2) is 0 Å². The van der Waals surface area contributed by atoms with Crippen LogP contribution in [0.3, 0.4) is 0 Å². The lowest BCUT2D eigenvalue weighted by atomic mass is 10.1. The third kappa shape index (κ3) is 4.97. The van der Waals surface area contributed by atoms with Crippen molar-refractivity contribution in [1.82, 2.24) is 0 Å². The van der Waals surface area contributed by atoms with Crippen molar-refractivity contribution in [3.05, 3.63) is 96.1 Å². The van der Waals surface area contributed by atoms with Crippen molar-refractivity contribution in [2.75, 3.05) is 6.54 Å². The molecule has 0 bridgehead atoms. The molecule has 0 spiro atoms. The molecule has 0 saturated carbocycles. The fourth-order valence-electron chi connectivity index (χ4n) is 2.54. The van der Waals surface area contributed by atoms with E-state index in [1.807, 2.05) is 36.4 Å². The Labute approximate surface area is 137 Å². The van der Waals surface area contributed by atoms with Crippen LogP contribution in [0.15, 0.2) is 84.9 Å². The number of para-hydroxylation sites is 1. The highest BCUT2D eigenvalue weighted by atomic mass is 16.5. The first-order valence-electron chi connectivity index (χ1n) is 8.07. The minimum atomic E-state index is 0.873. The predicted molar refractivity (Wildman–Crippen MR) is 93.6 cm³/mol. The zero-order valence-corrected chi connectivity index (χ0v) is 13.2. The van der Waals surface area contributed by atoms with E-state index in [1.54, 1.807) is 0 Å². The third-order valence-corrected chi connectivity index (χ3v) is 3.74. The van der Waals surface area contributed by atoms with Crippen LogP contribution < -0.4 is 10.1 Å². The molecule has 2 heteroatoms. The Morgan fingerprint density at radius 3 is 2.09 bits per heavy atom. The Kier molecular flexibility index (Phi) is 5.43. The highest BCUT2D eigenvalue weighted by Crippen LogP contribution is 2.21. The summed E-state index contributed by atoms with van der Waals surface area (Å²) in [6, 6.07) is 28.8. The molecule has 3 aromatic carbocycles. The number of quaternary nitrogens is 1. The van der Waals surface area contributed by atoms with Crippen molar-refractivity contribution in [3.8, 4) is 11.5 Å². The normalized spacial score (nSPS) is 10.4. The van der Waals surface area contributed by atoms with Crippen molar-refractivity contribution in [3.63, 3.8) is 0 Å². The number of nitrogens with two attached hydrogens (primary N) is 1. The molecule has 0 aliphatic heterocycles. The first-order chi connectivity index (χ1) is 11.4. The van der Waals surface area contributed by atoms with Gasteiger partial charge >= 0.3 is 0 Å². The average Bonchev–Trinajstić information content (AvgIpc) is 2.61. The number of hydrogen-bond acceptors (Lipinski definition) is 1. The molecule has 2 nitrogen and oxygen atoms in total. The zero-order valence-electron chi connectivity index (χ0n) is 13.2. The minimum absolute atomic E-state index is 0.873. The first kappa shape index (κ1) is 15.3. The first-order valence-corrected chi connectivity index (χ1v) is 8.07. The Morgan fingerprint density at radius 1 is 0.652 bits per heavy atom. The van der Waals surface area contributed by atoms with E-state index >= 15 is 0 Å². The van der Waals surface area contributed by atoms with Gasteiger partial charge in [0.25, 0.3) is 0 Å². The summed E-state index contributed by atoms with van der Waals surface area (Å²) in [5.41, 5.74) is 2.68. The van der Waals surface area contributed by atoms with Crippen LogP contribution >= 0.6 is 0 Å². The number of rotatable bonds is 7. The quantitative estimate of drug-likeness (QED) is 0.660. The van der Waals surface area contributed by atoms with Gasteiger partial charge in [-0.3, -0.25) is 0 Å². The van der Waals surface area contributed by atoms with Crippen molar-refractivity contribution in [1.29, 1.82) is 0 Å². The van der Waals surface area contributed by atoms with Crippen LogP contribution in [-0.2, 0) is 13.0 Å². The standard InChI is InChI=1S/C21H21NO/c1-3-8-18(9-4-1)14-15-22-17-19-10-7-13-21(16-19)23-20-11-5-2-6-12-20/h1-13,16,22H,14-15,17H2/p+1. The second kappa shape index (κ2) is 8.16.